The predicted octanol–water partition coefficient (Wildman–Crippen LogP) is 5.33. The number of pyridine rings is 1. The van der Waals surface area contributed by atoms with Gasteiger partial charge >= 0.3 is 0 Å². The van der Waals surface area contributed by atoms with Crippen LogP contribution in [0.2, 0.25) is 0 Å². The minimum Gasteiger partial charge on any atom is -0.368 e. The molecule has 204 valence electrons. The van der Waals surface area contributed by atoms with Gasteiger partial charge in [-0.2, -0.15) is 0 Å². The molecule has 2 aromatic heterocycles. The maximum absolute atomic E-state index is 13.7. The molecular formula is C29H32FN5O2S2. The third-order valence-electron chi connectivity index (χ3n) is 7.15. The molecular weight excluding hydrogens is 533 g/mol. The summed E-state index contributed by atoms with van der Waals surface area (Å²) < 4.78 is 15.4. The zero-order valence-corrected chi connectivity index (χ0v) is 23.6. The first kappa shape index (κ1) is 27.3. The first-order chi connectivity index (χ1) is 19.0. The highest BCUT2D eigenvalue weighted by Gasteiger charge is 2.33. The molecule has 4 heterocycles. The number of carbonyl (C=O) groups is 1. The van der Waals surface area contributed by atoms with Crippen LogP contribution < -0.4 is 15.4 Å². The molecule has 0 N–H and O–H groups in total. The van der Waals surface area contributed by atoms with Crippen LogP contribution in [-0.2, 0) is 4.79 Å². The van der Waals surface area contributed by atoms with Crippen LogP contribution in [0.5, 0.6) is 0 Å². The molecule has 2 saturated heterocycles. The van der Waals surface area contributed by atoms with E-state index in [1.54, 1.807) is 35.4 Å². The fourth-order valence-corrected chi connectivity index (χ4v) is 6.27. The molecule has 7 nitrogen and oxygen atoms in total. The van der Waals surface area contributed by atoms with Gasteiger partial charge in [0.25, 0.3) is 11.5 Å². The smallest absolute Gasteiger partial charge is 0.267 e. The van der Waals surface area contributed by atoms with Crippen molar-refractivity contribution < 1.29 is 9.18 Å². The minimum atomic E-state index is -0.259. The molecule has 2 aliphatic heterocycles. The van der Waals surface area contributed by atoms with Crippen LogP contribution in [0.4, 0.5) is 15.9 Å². The van der Waals surface area contributed by atoms with Crippen LogP contribution in [0.1, 0.15) is 44.6 Å². The molecule has 5 rings (SSSR count). The highest BCUT2D eigenvalue weighted by molar-refractivity contribution is 8.26. The van der Waals surface area contributed by atoms with Gasteiger partial charge < -0.3 is 9.80 Å². The Morgan fingerprint density at radius 3 is 2.44 bits per heavy atom. The van der Waals surface area contributed by atoms with E-state index in [1.165, 1.54) is 41.1 Å². The second-order valence-corrected chi connectivity index (χ2v) is 11.5. The number of unbranched alkanes of at least 4 members (excludes halogenated alkanes) is 4. The van der Waals surface area contributed by atoms with E-state index in [0.29, 0.717) is 59.0 Å². The number of fused-ring (bicyclic) bond motifs is 1. The summed E-state index contributed by atoms with van der Waals surface area (Å²) in [6, 6.07) is 11.9. The molecule has 1 amide bonds. The molecule has 1 aromatic carbocycles. The average Bonchev–Trinajstić information content (AvgIpc) is 3.22. The lowest BCUT2D eigenvalue weighted by Gasteiger charge is -2.37. The van der Waals surface area contributed by atoms with Crippen molar-refractivity contribution in [3.05, 3.63) is 75.3 Å². The van der Waals surface area contributed by atoms with E-state index < -0.39 is 0 Å². The predicted molar refractivity (Wildman–Crippen MR) is 161 cm³/mol. The number of nitrogens with zero attached hydrogens (tertiary/aromatic N) is 5. The largest absolute Gasteiger partial charge is 0.368 e. The van der Waals surface area contributed by atoms with Crippen molar-refractivity contribution in [2.75, 3.05) is 42.5 Å². The summed E-state index contributed by atoms with van der Waals surface area (Å²) in [5.74, 6) is 0.157. The van der Waals surface area contributed by atoms with E-state index >= 15 is 0 Å². The lowest BCUT2D eigenvalue weighted by Crippen LogP contribution is -2.47. The second kappa shape index (κ2) is 12.3. The van der Waals surface area contributed by atoms with Crippen molar-refractivity contribution in [3.63, 3.8) is 0 Å². The van der Waals surface area contributed by atoms with Gasteiger partial charge in [0.15, 0.2) is 0 Å². The maximum Gasteiger partial charge on any atom is 0.267 e. The fraction of sp³-hybridized carbons (Fsp3) is 0.379. The second-order valence-electron chi connectivity index (χ2n) is 9.78. The molecule has 0 bridgehead atoms. The van der Waals surface area contributed by atoms with Crippen LogP contribution in [0.25, 0.3) is 11.7 Å². The number of thiocarbonyl (C=S) groups is 1. The first-order valence-electron chi connectivity index (χ1n) is 13.5. The zero-order valence-electron chi connectivity index (χ0n) is 22.0. The van der Waals surface area contributed by atoms with Crippen LogP contribution in [0.3, 0.4) is 0 Å². The summed E-state index contributed by atoms with van der Waals surface area (Å²) >= 11 is 6.78. The number of hydrogen-bond acceptors (Lipinski definition) is 7. The van der Waals surface area contributed by atoms with Crippen LogP contribution >= 0.6 is 24.0 Å². The summed E-state index contributed by atoms with van der Waals surface area (Å²) in [4.78, 5) is 38.2. The Labute approximate surface area is 237 Å². The van der Waals surface area contributed by atoms with Crippen molar-refractivity contribution in [3.8, 4) is 0 Å². The molecule has 2 fully saturated rings. The third kappa shape index (κ3) is 6.01. The Morgan fingerprint density at radius 1 is 0.974 bits per heavy atom. The number of aromatic nitrogens is 2. The third-order valence-corrected chi connectivity index (χ3v) is 8.53. The minimum absolute atomic E-state index is 0.148. The number of carbonyl (C=O) groups excluding carboxylic acids is 1. The highest BCUT2D eigenvalue weighted by Crippen LogP contribution is 2.34. The quantitative estimate of drug-likeness (QED) is 0.197. The molecule has 2 aliphatic rings. The molecule has 10 heteroatoms. The van der Waals surface area contributed by atoms with Crippen LogP contribution in [0.15, 0.2) is 58.4 Å². The number of hydrogen-bond donors (Lipinski definition) is 0. The number of piperazine rings is 1. The van der Waals surface area contributed by atoms with Crippen molar-refractivity contribution in [1.82, 2.24) is 14.3 Å². The number of benzene rings is 1. The molecule has 3 aromatic rings. The highest BCUT2D eigenvalue weighted by atomic mass is 32.2. The van der Waals surface area contributed by atoms with Crippen molar-refractivity contribution in [2.24, 2.45) is 0 Å². The number of halogens is 1. The molecule has 0 atom stereocenters. The summed E-state index contributed by atoms with van der Waals surface area (Å²) in [7, 11) is 0. The van der Waals surface area contributed by atoms with E-state index in [1.807, 2.05) is 12.1 Å². The number of anilines is 2. The van der Waals surface area contributed by atoms with Gasteiger partial charge in [-0.1, -0.05) is 62.7 Å². The van der Waals surface area contributed by atoms with E-state index in [4.69, 9.17) is 17.2 Å². The van der Waals surface area contributed by atoms with Gasteiger partial charge in [0, 0.05) is 44.6 Å². The summed E-state index contributed by atoms with van der Waals surface area (Å²) in [6.07, 6.45) is 8.85. The van der Waals surface area contributed by atoms with E-state index in [0.717, 1.165) is 24.9 Å². The van der Waals surface area contributed by atoms with Gasteiger partial charge in [-0.15, -0.1) is 0 Å². The molecule has 39 heavy (non-hydrogen) atoms. The lowest BCUT2D eigenvalue weighted by atomic mass is 10.1. The Balaban J connectivity index is 1.41. The Kier molecular flexibility index (Phi) is 8.62. The lowest BCUT2D eigenvalue weighted by molar-refractivity contribution is -0.122. The normalized spacial score (nSPS) is 17.2. The van der Waals surface area contributed by atoms with Gasteiger partial charge in [0.1, 0.15) is 21.6 Å². The van der Waals surface area contributed by atoms with Gasteiger partial charge in [-0.25, -0.2) is 9.37 Å². The van der Waals surface area contributed by atoms with Crippen LogP contribution in [0, 0.1) is 5.82 Å². The SMILES string of the molecule is CCCCCCCN1C(=O)C(=Cc2c(N3CCN(c4ccc(F)cc4)CC3)nc3ccccn3c2=O)SC1=S. The average molecular weight is 566 g/mol. The first-order valence-corrected chi connectivity index (χ1v) is 14.7. The maximum atomic E-state index is 13.7. The van der Waals surface area contributed by atoms with Crippen LogP contribution in [-0.4, -0.2) is 57.2 Å². The summed E-state index contributed by atoms with van der Waals surface area (Å²) in [6.45, 7) is 5.43. The van der Waals surface area contributed by atoms with Crippen molar-refractivity contribution >= 4 is 57.4 Å². The van der Waals surface area contributed by atoms with Gasteiger partial charge in [0.2, 0.25) is 0 Å². The Bertz CT molecular complexity index is 1450. The fourth-order valence-electron chi connectivity index (χ4n) is 4.98. The summed E-state index contributed by atoms with van der Waals surface area (Å²) in [5.41, 5.74) is 1.68. The molecule has 0 radical (unpaired) electrons. The van der Waals surface area contributed by atoms with Gasteiger partial charge in [-0.05, 0) is 48.9 Å². The van der Waals surface area contributed by atoms with Crippen molar-refractivity contribution in [2.45, 2.75) is 39.0 Å². The standard InChI is InChI=1S/C29H32FN5O2S2/c1-2-3-4-5-7-15-35-28(37)24(39-29(35)38)20-23-26(31-25-9-6-8-14-34(25)27(23)36)33-18-16-32(17-19-33)22-12-10-21(30)11-13-22/h6,8-14,20H,2-5,7,15-19H2,1H3. The molecule has 0 saturated carbocycles. The van der Waals surface area contributed by atoms with E-state index in [2.05, 4.69) is 16.7 Å². The van der Waals surface area contributed by atoms with E-state index in [-0.39, 0.29) is 17.3 Å². The van der Waals surface area contributed by atoms with Gasteiger partial charge in [0.05, 0.1) is 10.5 Å². The van der Waals surface area contributed by atoms with E-state index in [9.17, 15) is 14.0 Å². The topological polar surface area (TPSA) is 61.2 Å². The Hall–Kier alpha value is -3.24. The number of thioether (sulfide) groups is 1. The number of rotatable bonds is 9. The van der Waals surface area contributed by atoms with Gasteiger partial charge in [-0.3, -0.25) is 18.9 Å². The molecule has 0 aliphatic carbocycles. The monoisotopic (exact) mass is 565 g/mol. The molecule has 0 unspecified atom stereocenters. The summed E-state index contributed by atoms with van der Waals surface area (Å²) in [5, 5.41) is 0. The zero-order chi connectivity index (χ0) is 27.4. The molecule has 0 spiro atoms. The Morgan fingerprint density at radius 2 is 1.69 bits per heavy atom. The van der Waals surface area contributed by atoms with Crippen molar-refractivity contribution in [1.29, 1.82) is 0 Å². The number of amides is 1.